The third-order valence-corrected chi connectivity index (χ3v) is 4.54. The van der Waals surface area contributed by atoms with Crippen LogP contribution in [0, 0.1) is 5.41 Å². The van der Waals surface area contributed by atoms with Gasteiger partial charge in [0, 0.05) is 13.0 Å². The number of aliphatic hydroxyl groups is 1. The predicted octanol–water partition coefficient (Wildman–Crippen LogP) is -1.71. The molecule has 2 amide bonds. The fraction of sp³-hybridized carbons (Fsp3) is 0.800. The lowest BCUT2D eigenvalue weighted by Crippen LogP contribution is -2.53. The summed E-state index contributed by atoms with van der Waals surface area (Å²) in [5.41, 5.74) is 11.3. The zero-order valence-corrected chi connectivity index (χ0v) is 13.8. The van der Waals surface area contributed by atoms with Gasteiger partial charge in [-0.2, -0.15) is 0 Å². The first-order valence-corrected chi connectivity index (χ1v) is 8.20. The molecule has 0 spiro atoms. The van der Waals surface area contributed by atoms with Gasteiger partial charge >= 0.3 is 5.97 Å². The van der Waals surface area contributed by atoms with E-state index in [0.717, 1.165) is 32.1 Å². The second kappa shape index (κ2) is 9.55. The second-order valence-corrected chi connectivity index (χ2v) is 6.43. The molecule has 9 heteroatoms. The Morgan fingerprint density at radius 3 is 2.29 bits per heavy atom. The molecule has 0 aromatic rings. The van der Waals surface area contributed by atoms with Crippen molar-refractivity contribution in [1.29, 1.82) is 0 Å². The Bertz CT molecular complexity index is 451. The number of nitrogens with one attached hydrogen (secondary N) is 2. The number of carbonyl (C=O) groups is 3. The molecular formula is C15H28N4O5. The molecular weight excluding hydrogens is 316 g/mol. The van der Waals surface area contributed by atoms with E-state index in [1.54, 1.807) is 0 Å². The highest BCUT2D eigenvalue weighted by molar-refractivity contribution is 5.87. The first-order valence-electron chi connectivity index (χ1n) is 8.20. The second-order valence-electron chi connectivity index (χ2n) is 6.43. The molecule has 0 aromatic heterocycles. The molecule has 0 aliphatic heterocycles. The number of rotatable bonds is 9. The number of aliphatic hydroxyl groups excluding tert-OH is 1. The Morgan fingerprint density at radius 1 is 1.17 bits per heavy atom. The van der Waals surface area contributed by atoms with Crippen LogP contribution in [0.1, 0.15) is 38.5 Å². The largest absolute Gasteiger partial charge is 0.480 e. The number of hydrogen-bond acceptors (Lipinski definition) is 6. The maximum atomic E-state index is 12.1. The van der Waals surface area contributed by atoms with Crippen LogP contribution in [0.15, 0.2) is 0 Å². The van der Waals surface area contributed by atoms with Gasteiger partial charge in [0.15, 0.2) is 0 Å². The number of amides is 2. The molecule has 24 heavy (non-hydrogen) atoms. The summed E-state index contributed by atoms with van der Waals surface area (Å²) in [5, 5.41) is 22.3. The van der Waals surface area contributed by atoms with Crippen molar-refractivity contribution in [2.24, 2.45) is 16.9 Å². The minimum atomic E-state index is -1.41. The number of hydrogen-bond donors (Lipinski definition) is 6. The zero-order valence-electron chi connectivity index (χ0n) is 13.8. The van der Waals surface area contributed by atoms with Crippen molar-refractivity contribution >= 4 is 17.8 Å². The Morgan fingerprint density at radius 2 is 1.79 bits per heavy atom. The number of nitrogens with two attached hydrogens (primary N) is 2. The molecule has 2 atom stereocenters. The molecule has 0 radical (unpaired) electrons. The van der Waals surface area contributed by atoms with Crippen molar-refractivity contribution in [3.8, 4) is 0 Å². The molecule has 1 aliphatic carbocycles. The van der Waals surface area contributed by atoms with Gasteiger partial charge in [-0.25, -0.2) is 4.79 Å². The third kappa shape index (κ3) is 6.06. The fourth-order valence-corrected chi connectivity index (χ4v) is 2.94. The third-order valence-electron chi connectivity index (χ3n) is 4.54. The molecule has 0 saturated heterocycles. The van der Waals surface area contributed by atoms with E-state index < -0.39 is 30.6 Å². The Hall–Kier alpha value is -1.71. The van der Waals surface area contributed by atoms with Gasteiger partial charge in [-0.05, 0) is 24.8 Å². The van der Waals surface area contributed by atoms with Crippen LogP contribution in [0.4, 0.5) is 0 Å². The minimum Gasteiger partial charge on any atom is -0.480 e. The summed E-state index contributed by atoms with van der Waals surface area (Å²) in [4.78, 5) is 34.6. The van der Waals surface area contributed by atoms with E-state index >= 15 is 0 Å². The van der Waals surface area contributed by atoms with Crippen molar-refractivity contribution in [3.05, 3.63) is 0 Å². The van der Waals surface area contributed by atoms with Gasteiger partial charge in [0.1, 0.15) is 12.1 Å². The molecule has 0 aromatic carbocycles. The highest BCUT2D eigenvalue weighted by atomic mass is 16.4. The number of aliphatic carboxylic acids is 1. The number of carbonyl (C=O) groups excluding carboxylic acids is 2. The Labute approximate surface area is 141 Å². The topological polar surface area (TPSA) is 168 Å². The lowest BCUT2D eigenvalue weighted by atomic mass is 9.71. The van der Waals surface area contributed by atoms with Gasteiger partial charge in [0.2, 0.25) is 11.8 Å². The van der Waals surface area contributed by atoms with Crippen LogP contribution in [0.3, 0.4) is 0 Å². The van der Waals surface area contributed by atoms with E-state index in [4.69, 9.17) is 21.7 Å². The molecule has 1 saturated carbocycles. The van der Waals surface area contributed by atoms with Crippen LogP contribution in [0.2, 0.25) is 0 Å². The molecule has 9 nitrogen and oxygen atoms in total. The maximum absolute atomic E-state index is 12.1. The van der Waals surface area contributed by atoms with Crippen molar-refractivity contribution in [2.75, 3.05) is 19.7 Å². The van der Waals surface area contributed by atoms with Crippen LogP contribution in [0.25, 0.3) is 0 Å². The molecule has 138 valence electrons. The summed E-state index contributed by atoms with van der Waals surface area (Å²) in [6.45, 7) is -0.397. The monoisotopic (exact) mass is 344 g/mol. The van der Waals surface area contributed by atoms with Gasteiger partial charge in [-0.15, -0.1) is 0 Å². The van der Waals surface area contributed by atoms with Gasteiger partial charge in [-0.3, -0.25) is 9.59 Å². The van der Waals surface area contributed by atoms with Crippen molar-refractivity contribution in [1.82, 2.24) is 10.6 Å². The molecule has 1 rings (SSSR count). The lowest BCUT2D eigenvalue weighted by molar-refractivity contribution is -0.143. The summed E-state index contributed by atoms with van der Waals surface area (Å²) in [5.74, 6) is -2.32. The smallest absolute Gasteiger partial charge is 0.328 e. The van der Waals surface area contributed by atoms with E-state index in [1.165, 1.54) is 0 Å². The van der Waals surface area contributed by atoms with Gasteiger partial charge in [0.25, 0.3) is 0 Å². The van der Waals surface area contributed by atoms with Crippen molar-refractivity contribution in [3.63, 3.8) is 0 Å². The summed E-state index contributed by atoms with van der Waals surface area (Å²) >= 11 is 0. The lowest BCUT2D eigenvalue weighted by Gasteiger charge is -2.35. The standard InChI is InChI=1S/C15H28N4O5/c16-9-15(4-2-1-3-5-15)6-12(21)18-7-10(17)13(22)19-11(8-20)14(23)24/h10-11,20H,1-9,16-17H2,(H,18,21)(H,19,22)(H,23,24)/t10-,11-/m0/s1. The summed E-state index contributed by atoms with van der Waals surface area (Å²) in [6, 6.07) is -2.51. The average molecular weight is 344 g/mol. The van der Waals surface area contributed by atoms with Crippen molar-refractivity contribution in [2.45, 2.75) is 50.6 Å². The van der Waals surface area contributed by atoms with Crippen LogP contribution >= 0.6 is 0 Å². The van der Waals surface area contributed by atoms with E-state index in [1.807, 2.05) is 0 Å². The highest BCUT2D eigenvalue weighted by Gasteiger charge is 2.33. The van der Waals surface area contributed by atoms with Gasteiger partial charge in [-0.1, -0.05) is 19.3 Å². The van der Waals surface area contributed by atoms with E-state index in [-0.39, 0.29) is 17.9 Å². The predicted molar refractivity (Wildman–Crippen MR) is 86.8 cm³/mol. The Balaban J connectivity index is 2.42. The van der Waals surface area contributed by atoms with E-state index in [2.05, 4.69) is 10.6 Å². The van der Waals surface area contributed by atoms with E-state index in [0.29, 0.717) is 13.0 Å². The maximum Gasteiger partial charge on any atom is 0.328 e. The summed E-state index contributed by atoms with van der Waals surface area (Å²) in [7, 11) is 0. The zero-order chi connectivity index (χ0) is 18.2. The van der Waals surface area contributed by atoms with Crippen LogP contribution in [-0.4, -0.2) is 59.8 Å². The van der Waals surface area contributed by atoms with Crippen molar-refractivity contribution < 1.29 is 24.6 Å². The highest BCUT2D eigenvalue weighted by Crippen LogP contribution is 2.38. The van der Waals surface area contributed by atoms with E-state index in [9.17, 15) is 14.4 Å². The summed E-state index contributed by atoms with van der Waals surface area (Å²) < 4.78 is 0. The first kappa shape index (κ1) is 20.3. The normalized spacial score (nSPS) is 19.1. The van der Waals surface area contributed by atoms with Gasteiger partial charge < -0.3 is 32.3 Å². The fourth-order valence-electron chi connectivity index (χ4n) is 2.94. The molecule has 1 aliphatic rings. The Kier molecular flexibility index (Phi) is 8.09. The minimum absolute atomic E-state index is 0.108. The van der Waals surface area contributed by atoms with Crippen LogP contribution in [0.5, 0.6) is 0 Å². The van der Waals surface area contributed by atoms with Crippen LogP contribution < -0.4 is 22.1 Å². The first-order chi connectivity index (χ1) is 11.3. The number of carboxylic acid groups (broad SMARTS) is 1. The SMILES string of the molecule is NCC1(CC(=O)NC[C@H](N)C(=O)N[C@@H](CO)C(=O)O)CCCCC1. The van der Waals surface area contributed by atoms with Crippen LogP contribution in [-0.2, 0) is 14.4 Å². The molecule has 8 N–H and O–H groups in total. The quantitative estimate of drug-likeness (QED) is 0.289. The van der Waals surface area contributed by atoms with Gasteiger partial charge in [0.05, 0.1) is 6.61 Å². The number of carboxylic acids is 1. The molecule has 0 heterocycles. The average Bonchev–Trinajstić information content (AvgIpc) is 2.57. The molecule has 0 unspecified atom stereocenters. The molecule has 0 bridgehead atoms. The summed E-state index contributed by atoms with van der Waals surface area (Å²) in [6.07, 6.45) is 5.41. The molecule has 1 fully saturated rings.